The Morgan fingerprint density at radius 1 is 1.00 bits per heavy atom. The summed E-state index contributed by atoms with van der Waals surface area (Å²) in [4.78, 5) is 47.7. The molecule has 0 spiro atoms. The van der Waals surface area contributed by atoms with E-state index in [-0.39, 0.29) is 0 Å². The molecule has 32 heavy (non-hydrogen) atoms. The average Bonchev–Trinajstić information content (AvgIpc) is 2.65. The third kappa shape index (κ3) is 8.32. The Morgan fingerprint density at radius 2 is 1.53 bits per heavy atom. The van der Waals surface area contributed by atoms with Crippen molar-refractivity contribution in [3.63, 3.8) is 0 Å². The van der Waals surface area contributed by atoms with Crippen molar-refractivity contribution in [1.82, 2.24) is 5.32 Å². The molecule has 17 nitrogen and oxygen atoms in total. The Morgan fingerprint density at radius 3 is 1.94 bits per heavy atom. The standard InChI is InChI=1S/C13H27NO16P2/c1-4(17)14-7-10(20)8(18)5(2-15)28-12(7)13(30-32(25,26)27)11(21)9(19)6(3-16)29-31(22,23)24/h5-13,15-16,18-21H,2-3H2,1H3,(H,14,17)(H2,22,23,24)(H2,25,26,27)/t5-,6-,7-,8-,9-,10-,11-,12-,13?/m1/s1. The maximum absolute atomic E-state index is 11.5. The van der Waals surface area contributed by atoms with Crippen molar-refractivity contribution in [3.05, 3.63) is 0 Å². The van der Waals surface area contributed by atoms with Gasteiger partial charge in [0.15, 0.2) is 0 Å². The number of nitrogens with one attached hydrogen (secondary N) is 1. The van der Waals surface area contributed by atoms with E-state index in [1.807, 2.05) is 0 Å². The highest BCUT2D eigenvalue weighted by atomic mass is 31.2. The Hall–Kier alpha value is -0.590. The summed E-state index contributed by atoms with van der Waals surface area (Å²) in [5.41, 5.74) is 0. The maximum Gasteiger partial charge on any atom is 0.470 e. The molecule has 0 saturated carbocycles. The summed E-state index contributed by atoms with van der Waals surface area (Å²) < 4.78 is 36.3. The molecule has 1 amide bonds. The number of phosphoric acid groups is 2. The lowest BCUT2D eigenvalue weighted by atomic mass is 9.86. The van der Waals surface area contributed by atoms with Crippen LogP contribution in [0.3, 0.4) is 0 Å². The number of hydrogen-bond donors (Lipinski definition) is 11. The lowest BCUT2D eigenvalue weighted by molar-refractivity contribution is -0.232. The van der Waals surface area contributed by atoms with E-state index in [0.717, 1.165) is 6.92 Å². The molecule has 0 radical (unpaired) electrons. The number of aliphatic hydroxyl groups excluding tert-OH is 6. The Bertz CT molecular complexity index is 712. The molecule has 0 aromatic heterocycles. The molecule has 190 valence electrons. The molecule has 9 atom stereocenters. The SMILES string of the molecule is CC(=O)N[C@@H]1[C@@H](O)[C@H](O)[C@@H](CO)O[C@H]1C(OP(=O)(O)O)[C@H](O)[C@H](O)[C@@H](CO)OP(=O)(O)O. The molecule has 0 aromatic carbocycles. The molecule has 1 saturated heterocycles. The van der Waals surface area contributed by atoms with Crippen LogP contribution in [0, 0.1) is 0 Å². The predicted octanol–water partition coefficient (Wildman–Crippen LogP) is -5.36. The van der Waals surface area contributed by atoms with Crippen LogP contribution in [0.1, 0.15) is 6.92 Å². The first-order valence-electron chi connectivity index (χ1n) is 8.86. The van der Waals surface area contributed by atoms with Crippen LogP contribution in [0.4, 0.5) is 0 Å². The highest BCUT2D eigenvalue weighted by Gasteiger charge is 2.52. The van der Waals surface area contributed by atoms with Crippen molar-refractivity contribution in [2.45, 2.75) is 61.8 Å². The molecule has 0 aliphatic carbocycles. The summed E-state index contributed by atoms with van der Waals surface area (Å²) in [7, 11) is -10.8. The molecule has 19 heteroatoms. The third-order valence-corrected chi connectivity index (χ3v) is 5.50. The van der Waals surface area contributed by atoms with Gasteiger partial charge in [0.2, 0.25) is 5.91 Å². The van der Waals surface area contributed by atoms with Crippen molar-refractivity contribution >= 4 is 21.6 Å². The summed E-state index contributed by atoms with van der Waals surface area (Å²) in [6, 6.07) is -1.72. The highest BCUT2D eigenvalue weighted by molar-refractivity contribution is 7.46. The molecule has 1 fully saturated rings. The lowest BCUT2D eigenvalue weighted by Crippen LogP contribution is -2.69. The minimum absolute atomic E-state index is 0.833. The zero-order chi connectivity index (χ0) is 25.0. The van der Waals surface area contributed by atoms with Crippen molar-refractivity contribution in [2.75, 3.05) is 13.2 Å². The first-order valence-corrected chi connectivity index (χ1v) is 11.9. The lowest BCUT2D eigenvalue weighted by Gasteiger charge is -2.46. The van der Waals surface area contributed by atoms with Crippen molar-refractivity contribution < 1.29 is 77.9 Å². The average molecular weight is 515 g/mol. The minimum atomic E-state index is -5.51. The van der Waals surface area contributed by atoms with Gasteiger partial charge in [-0.3, -0.25) is 13.8 Å². The molecular weight excluding hydrogens is 488 g/mol. The maximum atomic E-state index is 11.5. The molecule has 1 heterocycles. The second-order valence-corrected chi connectivity index (χ2v) is 9.27. The number of phosphoric ester groups is 2. The Balaban J connectivity index is 3.40. The van der Waals surface area contributed by atoms with E-state index in [1.165, 1.54) is 0 Å². The summed E-state index contributed by atoms with van der Waals surface area (Å²) in [5, 5.41) is 61.8. The first kappa shape index (κ1) is 29.4. The van der Waals surface area contributed by atoms with E-state index in [0.29, 0.717) is 0 Å². The summed E-state index contributed by atoms with van der Waals surface area (Å²) in [5.74, 6) is -0.833. The molecule has 1 aliphatic heterocycles. The van der Waals surface area contributed by atoms with Gasteiger partial charge in [0.25, 0.3) is 0 Å². The number of carbonyl (C=O) groups is 1. The quantitative estimate of drug-likeness (QED) is 0.114. The third-order valence-electron chi connectivity index (χ3n) is 4.44. The van der Waals surface area contributed by atoms with Crippen molar-refractivity contribution in [3.8, 4) is 0 Å². The monoisotopic (exact) mass is 515 g/mol. The van der Waals surface area contributed by atoms with Crippen LogP contribution in [-0.2, 0) is 27.7 Å². The van der Waals surface area contributed by atoms with Gasteiger partial charge in [-0.25, -0.2) is 9.13 Å². The number of aliphatic hydroxyl groups is 6. The Kier molecular flexibility index (Phi) is 10.8. The fraction of sp³-hybridized carbons (Fsp3) is 0.923. The summed E-state index contributed by atoms with van der Waals surface area (Å²) in [6.07, 6.45) is -16.9. The van der Waals surface area contributed by atoms with Crippen LogP contribution in [0.25, 0.3) is 0 Å². The fourth-order valence-electron chi connectivity index (χ4n) is 3.10. The second-order valence-electron chi connectivity index (χ2n) is 6.89. The number of ether oxygens (including phenoxy) is 1. The first-order chi connectivity index (χ1) is 14.5. The summed E-state index contributed by atoms with van der Waals surface area (Å²) in [6.45, 7) is -1.26. The van der Waals surface area contributed by atoms with Crippen LogP contribution >= 0.6 is 15.6 Å². The van der Waals surface area contributed by atoms with Gasteiger partial charge in [-0.2, -0.15) is 0 Å². The molecule has 1 unspecified atom stereocenters. The number of hydrogen-bond acceptors (Lipinski definition) is 12. The van der Waals surface area contributed by atoms with Crippen LogP contribution in [-0.4, -0.2) is 124 Å². The summed E-state index contributed by atoms with van der Waals surface area (Å²) >= 11 is 0. The topological polar surface area (TPSA) is 293 Å². The van der Waals surface area contributed by atoms with Crippen molar-refractivity contribution in [2.24, 2.45) is 0 Å². The van der Waals surface area contributed by atoms with Crippen molar-refractivity contribution in [1.29, 1.82) is 0 Å². The zero-order valence-electron chi connectivity index (χ0n) is 16.4. The minimum Gasteiger partial charge on any atom is -0.394 e. The van der Waals surface area contributed by atoms with Gasteiger partial charge >= 0.3 is 15.6 Å². The van der Waals surface area contributed by atoms with Gasteiger partial charge in [0.05, 0.1) is 19.3 Å². The molecule has 11 N–H and O–H groups in total. The highest BCUT2D eigenvalue weighted by Crippen LogP contribution is 2.43. The smallest absolute Gasteiger partial charge is 0.394 e. The van der Waals surface area contributed by atoms with E-state index in [2.05, 4.69) is 14.4 Å². The van der Waals surface area contributed by atoms with Crippen LogP contribution in [0.2, 0.25) is 0 Å². The largest absolute Gasteiger partial charge is 0.470 e. The van der Waals surface area contributed by atoms with Gasteiger partial charge in [0, 0.05) is 6.92 Å². The fourth-order valence-corrected chi connectivity index (χ4v) is 4.20. The molecule has 0 aromatic rings. The number of carbonyl (C=O) groups excluding carboxylic acids is 1. The number of amides is 1. The molecule has 1 aliphatic rings. The normalized spacial score (nSPS) is 30.9. The van der Waals surface area contributed by atoms with E-state index in [9.17, 15) is 54.4 Å². The molecule has 0 bridgehead atoms. The Labute approximate surface area is 180 Å². The zero-order valence-corrected chi connectivity index (χ0v) is 18.2. The second kappa shape index (κ2) is 11.7. The van der Waals surface area contributed by atoms with Gasteiger partial charge in [-0.1, -0.05) is 0 Å². The number of rotatable bonds is 11. The van der Waals surface area contributed by atoms with Gasteiger partial charge in [-0.05, 0) is 0 Å². The van der Waals surface area contributed by atoms with E-state index in [1.54, 1.807) is 0 Å². The van der Waals surface area contributed by atoms with Crippen LogP contribution in [0.15, 0.2) is 0 Å². The van der Waals surface area contributed by atoms with E-state index in [4.69, 9.17) is 14.5 Å². The van der Waals surface area contributed by atoms with Crippen LogP contribution in [0.5, 0.6) is 0 Å². The van der Waals surface area contributed by atoms with E-state index >= 15 is 0 Å². The van der Waals surface area contributed by atoms with E-state index < -0.39 is 89.6 Å². The predicted molar refractivity (Wildman–Crippen MR) is 98.3 cm³/mol. The van der Waals surface area contributed by atoms with Gasteiger partial charge in [-0.15, -0.1) is 0 Å². The van der Waals surface area contributed by atoms with Gasteiger partial charge in [0.1, 0.15) is 48.8 Å². The molecule has 1 rings (SSSR count). The van der Waals surface area contributed by atoms with Crippen LogP contribution < -0.4 is 5.32 Å². The van der Waals surface area contributed by atoms with Gasteiger partial charge < -0.3 is 60.3 Å². The molecular formula is C13H27NO16P2.